The van der Waals surface area contributed by atoms with E-state index >= 15 is 0 Å². The molecule has 1 amide bonds. The van der Waals surface area contributed by atoms with Crippen molar-refractivity contribution >= 4 is 6.09 Å². The van der Waals surface area contributed by atoms with Crippen molar-refractivity contribution in [2.75, 3.05) is 6.54 Å². The summed E-state index contributed by atoms with van der Waals surface area (Å²) in [6.07, 6.45) is -0.990. The quantitative estimate of drug-likeness (QED) is 0.347. The van der Waals surface area contributed by atoms with Crippen molar-refractivity contribution < 1.29 is 14.6 Å². The third kappa shape index (κ3) is 7.86. The molecule has 31 heavy (non-hydrogen) atoms. The number of benzene rings is 3. The van der Waals surface area contributed by atoms with E-state index < -0.39 is 18.2 Å². The molecular formula is C25H29N3O3. The molecule has 6 nitrogen and oxygen atoms in total. The van der Waals surface area contributed by atoms with Crippen LogP contribution in [0.3, 0.4) is 0 Å². The van der Waals surface area contributed by atoms with Crippen molar-refractivity contribution in [2.45, 2.75) is 31.7 Å². The zero-order valence-corrected chi connectivity index (χ0v) is 17.4. The third-order valence-corrected chi connectivity index (χ3v) is 4.93. The van der Waals surface area contributed by atoms with Crippen molar-refractivity contribution in [2.24, 2.45) is 5.84 Å². The first kappa shape index (κ1) is 22.5. The molecule has 3 rings (SSSR count). The van der Waals surface area contributed by atoms with Crippen molar-refractivity contribution in [3.63, 3.8) is 0 Å². The lowest BCUT2D eigenvalue weighted by atomic mass is 10.0. The fourth-order valence-corrected chi connectivity index (χ4v) is 3.32. The summed E-state index contributed by atoms with van der Waals surface area (Å²) in [4.78, 5) is 12.4. The number of carbonyl (C=O) groups excluding carboxylic acids is 1. The minimum Gasteiger partial charge on any atom is -0.445 e. The fraction of sp³-hybridized carbons (Fsp3) is 0.240. The van der Waals surface area contributed by atoms with Crippen LogP contribution in [-0.2, 0) is 24.3 Å². The van der Waals surface area contributed by atoms with Crippen LogP contribution < -0.4 is 11.2 Å². The predicted octanol–water partition coefficient (Wildman–Crippen LogP) is 3.26. The van der Waals surface area contributed by atoms with Crippen LogP contribution in [0.25, 0.3) is 0 Å². The van der Waals surface area contributed by atoms with Crippen LogP contribution in [0.2, 0.25) is 0 Å². The second-order valence-electron chi connectivity index (χ2n) is 7.48. The summed E-state index contributed by atoms with van der Waals surface area (Å²) in [5.74, 6) is 6.13. The molecule has 6 heteroatoms. The normalized spacial score (nSPS) is 12.9. The topological polar surface area (TPSA) is 87.8 Å². The lowest BCUT2D eigenvalue weighted by Crippen LogP contribution is -2.50. The van der Waals surface area contributed by atoms with E-state index in [1.807, 2.05) is 91.0 Å². The number of nitrogens with zero attached hydrogens (tertiary/aromatic N) is 1. The van der Waals surface area contributed by atoms with Gasteiger partial charge in [0.15, 0.2) is 0 Å². The highest BCUT2D eigenvalue weighted by Crippen LogP contribution is 2.10. The molecule has 0 radical (unpaired) electrons. The molecule has 0 saturated carbocycles. The van der Waals surface area contributed by atoms with Gasteiger partial charge in [0, 0.05) is 13.1 Å². The smallest absolute Gasteiger partial charge is 0.407 e. The van der Waals surface area contributed by atoms with Gasteiger partial charge in [-0.3, -0.25) is 5.84 Å². The Bertz CT molecular complexity index is 907. The first-order valence-electron chi connectivity index (χ1n) is 10.3. The van der Waals surface area contributed by atoms with E-state index in [-0.39, 0.29) is 13.2 Å². The Morgan fingerprint density at radius 3 is 1.97 bits per heavy atom. The lowest BCUT2D eigenvalue weighted by molar-refractivity contribution is 0.0685. The molecule has 4 N–H and O–H groups in total. The van der Waals surface area contributed by atoms with Crippen LogP contribution in [0.1, 0.15) is 16.7 Å². The summed E-state index contributed by atoms with van der Waals surface area (Å²) >= 11 is 0. The summed E-state index contributed by atoms with van der Waals surface area (Å²) < 4.78 is 5.34. The first-order chi connectivity index (χ1) is 15.1. The Morgan fingerprint density at radius 2 is 1.39 bits per heavy atom. The number of nitrogens with one attached hydrogen (secondary N) is 1. The van der Waals surface area contributed by atoms with Gasteiger partial charge in [0.1, 0.15) is 6.61 Å². The van der Waals surface area contributed by atoms with E-state index in [4.69, 9.17) is 10.6 Å². The van der Waals surface area contributed by atoms with E-state index in [9.17, 15) is 9.90 Å². The maximum atomic E-state index is 12.4. The van der Waals surface area contributed by atoms with Crippen LogP contribution in [0.15, 0.2) is 91.0 Å². The summed E-state index contributed by atoms with van der Waals surface area (Å²) in [6, 6.07) is 28.4. The standard InChI is InChI=1S/C25H29N3O3/c26-28(17-21-12-6-2-7-13-21)18-24(29)23(16-20-10-4-1-5-11-20)27-25(30)31-19-22-14-8-3-9-15-22/h1-15,23-24,29H,16-19,26H2,(H,27,30)/t23-,24-/m1/s1. The molecule has 0 heterocycles. The molecule has 0 unspecified atom stereocenters. The number of alkyl carbamates (subject to hydrolysis) is 1. The first-order valence-corrected chi connectivity index (χ1v) is 10.3. The molecule has 0 aliphatic rings. The Hall–Kier alpha value is -3.19. The van der Waals surface area contributed by atoms with Crippen molar-refractivity contribution in [1.29, 1.82) is 0 Å². The molecule has 2 atom stereocenters. The van der Waals surface area contributed by atoms with E-state index in [2.05, 4.69) is 5.32 Å². The molecule has 0 spiro atoms. The van der Waals surface area contributed by atoms with Gasteiger partial charge < -0.3 is 15.2 Å². The Labute approximate surface area is 183 Å². The second kappa shape index (κ2) is 11.9. The zero-order chi connectivity index (χ0) is 21.9. The molecule has 3 aromatic carbocycles. The number of hydrazine groups is 1. The molecule has 0 aromatic heterocycles. The predicted molar refractivity (Wildman–Crippen MR) is 121 cm³/mol. The number of aliphatic hydroxyl groups is 1. The summed E-state index contributed by atoms with van der Waals surface area (Å²) in [6.45, 7) is 0.859. The SMILES string of the molecule is NN(Cc1ccccc1)C[C@@H](O)[C@@H](Cc1ccccc1)NC(=O)OCc1ccccc1. The summed E-state index contributed by atoms with van der Waals surface area (Å²) in [5, 5.41) is 15.2. The van der Waals surface area contributed by atoms with Crippen LogP contribution in [-0.4, -0.2) is 34.9 Å². The fourth-order valence-electron chi connectivity index (χ4n) is 3.32. The minimum absolute atomic E-state index is 0.165. The molecule has 0 fully saturated rings. The van der Waals surface area contributed by atoms with Gasteiger partial charge in [-0.25, -0.2) is 9.80 Å². The minimum atomic E-state index is -0.877. The highest BCUT2D eigenvalue weighted by Gasteiger charge is 2.24. The van der Waals surface area contributed by atoms with Gasteiger partial charge in [0.25, 0.3) is 0 Å². The Kier molecular flexibility index (Phi) is 8.60. The number of nitrogens with two attached hydrogens (primary N) is 1. The Balaban J connectivity index is 1.59. The molecule has 3 aromatic rings. The second-order valence-corrected chi connectivity index (χ2v) is 7.48. The number of carbonyl (C=O) groups is 1. The van der Waals surface area contributed by atoms with Gasteiger partial charge in [-0.15, -0.1) is 0 Å². The number of amides is 1. The summed E-state index contributed by atoms with van der Waals surface area (Å²) in [7, 11) is 0. The van der Waals surface area contributed by atoms with Crippen molar-refractivity contribution in [1.82, 2.24) is 10.3 Å². The maximum Gasteiger partial charge on any atom is 0.407 e. The number of hydrogen-bond acceptors (Lipinski definition) is 5. The largest absolute Gasteiger partial charge is 0.445 e. The Morgan fingerprint density at radius 1 is 0.871 bits per heavy atom. The average Bonchev–Trinajstić information content (AvgIpc) is 2.79. The number of aliphatic hydroxyl groups excluding tert-OH is 1. The van der Waals surface area contributed by atoms with Gasteiger partial charge in [0.05, 0.1) is 12.1 Å². The van der Waals surface area contributed by atoms with E-state index in [0.717, 1.165) is 16.7 Å². The lowest BCUT2D eigenvalue weighted by Gasteiger charge is -2.27. The van der Waals surface area contributed by atoms with E-state index in [1.54, 1.807) is 5.01 Å². The number of hydrogen-bond donors (Lipinski definition) is 3. The molecule has 0 aliphatic heterocycles. The number of ether oxygens (including phenoxy) is 1. The monoisotopic (exact) mass is 419 g/mol. The average molecular weight is 420 g/mol. The molecule has 0 bridgehead atoms. The highest BCUT2D eigenvalue weighted by atomic mass is 16.5. The van der Waals surface area contributed by atoms with Gasteiger partial charge in [-0.1, -0.05) is 91.0 Å². The van der Waals surface area contributed by atoms with Gasteiger partial charge in [0.2, 0.25) is 0 Å². The summed E-state index contributed by atoms with van der Waals surface area (Å²) in [5.41, 5.74) is 2.95. The molecule has 162 valence electrons. The van der Waals surface area contributed by atoms with Crippen LogP contribution in [0.4, 0.5) is 4.79 Å². The third-order valence-electron chi connectivity index (χ3n) is 4.93. The van der Waals surface area contributed by atoms with Crippen LogP contribution in [0, 0.1) is 0 Å². The maximum absolute atomic E-state index is 12.4. The molecule has 0 saturated heterocycles. The van der Waals surface area contributed by atoms with Gasteiger partial charge in [-0.2, -0.15) is 0 Å². The molecule has 0 aliphatic carbocycles. The van der Waals surface area contributed by atoms with Crippen molar-refractivity contribution in [3.8, 4) is 0 Å². The van der Waals surface area contributed by atoms with Crippen molar-refractivity contribution in [3.05, 3.63) is 108 Å². The van der Waals surface area contributed by atoms with Crippen LogP contribution >= 0.6 is 0 Å². The van der Waals surface area contributed by atoms with E-state index in [0.29, 0.717) is 13.0 Å². The van der Waals surface area contributed by atoms with Gasteiger partial charge in [-0.05, 0) is 23.1 Å². The highest BCUT2D eigenvalue weighted by molar-refractivity contribution is 5.67. The van der Waals surface area contributed by atoms with Gasteiger partial charge >= 0.3 is 6.09 Å². The van der Waals surface area contributed by atoms with E-state index in [1.165, 1.54) is 0 Å². The molecular weight excluding hydrogens is 390 g/mol. The van der Waals surface area contributed by atoms with Crippen LogP contribution in [0.5, 0.6) is 0 Å². The zero-order valence-electron chi connectivity index (χ0n) is 17.4. The number of rotatable bonds is 10.